The van der Waals surface area contributed by atoms with Gasteiger partial charge in [-0.25, -0.2) is 0 Å². The third-order valence-corrected chi connectivity index (χ3v) is 0.946. The Kier molecular flexibility index (Phi) is 9.44. The molecule has 0 rings (SSSR count). The van der Waals surface area contributed by atoms with E-state index in [1.807, 2.05) is 18.7 Å². The Labute approximate surface area is 65.1 Å². The van der Waals surface area contributed by atoms with Crippen LogP contribution in [0.2, 0.25) is 0 Å². The maximum absolute atomic E-state index is 5.07. The van der Waals surface area contributed by atoms with E-state index in [1.54, 1.807) is 0 Å². The first kappa shape index (κ1) is 10.9. The summed E-state index contributed by atoms with van der Waals surface area (Å²) in [6, 6.07) is 2.53. The molecule has 42 valence electrons. The molecule has 0 bridgehead atoms. The number of hydrogen-bond acceptors (Lipinski definition) is 1. The molecule has 0 unspecified atom stereocenters. The predicted molar refractivity (Wildman–Crippen MR) is 32.9 cm³/mol. The van der Waals surface area contributed by atoms with Gasteiger partial charge >= 0.3 is 18.9 Å². The van der Waals surface area contributed by atoms with E-state index >= 15 is 0 Å². The number of hydrogen-bond donors (Lipinski definition) is 0. The van der Waals surface area contributed by atoms with Gasteiger partial charge in [-0.15, -0.1) is 0 Å². The fourth-order valence-electron chi connectivity index (χ4n) is 0.406. The molecule has 0 spiro atoms. The molecule has 8 heavy (non-hydrogen) atoms. The molecule has 2 heteroatoms. The Morgan fingerprint density at radius 3 is 1.88 bits per heavy atom. The fourth-order valence-corrected chi connectivity index (χ4v) is 0.406. The van der Waals surface area contributed by atoms with Gasteiger partial charge in [-0.1, -0.05) is 6.42 Å². The minimum atomic E-state index is 0. The van der Waals surface area contributed by atoms with Gasteiger partial charge in [-0.3, -0.25) is 0 Å². The van der Waals surface area contributed by atoms with Crippen LogP contribution >= 0.6 is 0 Å². The molecule has 0 atom stereocenters. The molecule has 0 aromatic heterocycles. The van der Waals surface area contributed by atoms with Crippen molar-refractivity contribution in [3.05, 3.63) is 0 Å². The minimum absolute atomic E-state index is 0. The van der Waals surface area contributed by atoms with Crippen LogP contribution in [0.3, 0.4) is 0 Å². The number of rotatable bonds is 2. The molecule has 0 aromatic rings. The van der Waals surface area contributed by atoms with Crippen molar-refractivity contribution in [3.8, 4) is 12.5 Å². The Balaban J connectivity index is -0.000000180. The maximum Gasteiger partial charge on any atom is 1.00 e. The SMILES string of the molecule is C#CN(CC)CC.[H-].[Li+]. The Morgan fingerprint density at radius 1 is 1.50 bits per heavy atom. The van der Waals surface area contributed by atoms with E-state index in [0.717, 1.165) is 13.1 Å². The molecule has 0 amide bonds. The van der Waals surface area contributed by atoms with Gasteiger partial charge in [0.15, 0.2) is 0 Å². The summed E-state index contributed by atoms with van der Waals surface area (Å²) in [4.78, 5) is 1.90. The molecule has 0 heterocycles. The van der Waals surface area contributed by atoms with Crippen molar-refractivity contribution in [2.24, 2.45) is 0 Å². The van der Waals surface area contributed by atoms with Crippen LogP contribution in [0.4, 0.5) is 0 Å². The third-order valence-electron chi connectivity index (χ3n) is 0.946. The zero-order valence-electron chi connectivity index (χ0n) is 6.94. The van der Waals surface area contributed by atoms with Crippen LogP contribution in [-0.2, 0) is 0 Å². The first-order valence-corrected chi connectivity index (χ1v) is 2.56. The second-order valence-corrected chi connectivity index (χ2v) is 1.30. The van der Waals surface area contributed by atoms with Crippen molar-refractivity contribution in [1.82, 2.24) is 4.90 Å². The van der Waals surface area contributed by atoms with Gasteiger partial charge in [0.05, 0.1) is 0 Å². The van der Waals surface area contributed by atoms with Crippen molar-refractivity contribution in [2.75, 3.05) is 13.1 Å². The molecular formula is C6H12LiN. The zero-order chi connectivity index (χ0) is 5.70. The summed E-state index contributed by atoms with van der Waals surface area (Å²) in [7, 11) is 0. The largest absolute Gasteiger partial charge is 1.00 e. The Morgan fingerprint density at radius 2 is 1.88 bits per heavy atom. The van der Waals surface area contributed by atoms with Gasteiger partial charge in [-0.2, -0.15) is 0 Å². The predicted octanol–water partition coefficient (Wildman–Crippen LogP) is -1.96. The van der Waals surface area contributed by atoms with E-state index < -0.39 is 0 Å². The molecule has 0 aliphatic heterocycles. The van der Waals surface area contributed by atoms with Gasteiger partial charge < -0.3 is 6.33 Å². The van der Waals surface area contributed by atoms with Crippen LogP contribution in [0.1, 0.15) is 15.3 Å². The van der Waals surface area contributed by atoms with E-state index in [0.29, 0.717) is 0 Å². The van der Waals surface area contributed by atoms with Crippen LogP contribution in [0, 0.1) is 12.5 Å². The van der Waals surface area contributed by atoms with Crippen molar-refractivity contribution in [2.45, 2.75) is 13.8 Å². The molecule has 0 N–H and O–H groups in total. The third kappa shape index (κ3) is 4.13. The van der Waals surface area contributed by atoms with E-state index in [1.165, 1.54) is 0 Å². The molecule has 0 saturated carbocycles. The first-order chi connectivity index (χ1) is 3.35. The molecule has 0 aliphatic carbocycles. The summed E-state index contributed by atoms with van der Waals surface area (Å²) in [5.74, 6) is 0. The van der Waals surface area contributed by atoms with Crippen LogP contribution in [0.25, 0.3) is 0 Å². The van der Waals surface area contributed by atoms with Crippen molar-refractivity contribution in [1.29, 1.82) is 0 Å². The van der Waals surface area contributed by atoms with E-state index in [-0.39, 0.29) is 20.3 Å². The van der Waals surface area contributed by atoms with Crippen molar-refractivity contribution < 1.29 is 20.3 Å². The van der Waals surface area contributed by atoms with Gasteiger partial charge in [0.1, 0.15) is 0 Å². The summed E-state index contributed by atoms with van der Waals surface area (Å²) in [6.07, 6.45) is 5.07. The second kappa shape index (κ2) is 6.96. The van der Waals surface area contributed by atoms with Gasteiger partial charge in [0.25, 0.3) is 0 Å². The van der Waals surface area contributed by atoms with Gasteiger partial charge in [-0.05, 0) is 13.8 Å². The quantitative estimate of drug-likeness (QED) is 0.224. The Hall–Kier alpha value is -0.0426. The molecular weight excluding hydrogens is 93.0 g/mol. The van der Waals surface area contributed by atoms with Crippen molar-refractivity contribution >= 4 is 0 Å². The molecule has 1 nitrogen and oxygen atoms in total. The second-order valence-electron chi connectivity index (χ2n) is 1.30. The molecule has 0 saturated heterocycles. The van der Waals surface area contributed by atoms with E-state index in [9.17, 15) is 0 Å². The maximum atomic E-state index is 5.07. The smallest absolute Gasteiger partial charge is 1.00 e. The fraction of sp³-hybridized carbons (Fsp3) is 0.667. The van der Waals surface area contributed by atoms with Gasteiger partial charge in [0, 0.05) is 19.1 Å². The van der Waals surface area contributed by atoms with Crippen molar-refractivity contribution in [3.63, 3.8) is 0 Å². The zero-order valence-corrected chi connectivity index (χ0v) is 5.94. The molecule has 0 aliphatic rings. The summed E-state index contributed by atoms with van der Waals surface area (Å²) >= 11 is 0. The van der Waals surface area contributed by atoms with Gasteiger partial charge in [0.2, 0.25) is 0 Å². The first-order valence-electron chi connectivity index (χ1n) is 2.56. The van der Waals surface area contributed by atoms with Crippen LogP contribution in [0.5, 0.6) is 0 Å². The average molecular weight is 105 g/mol. The number of nitrogens with zero attached hydrogens (tertiary/aromatic N) is 1. The minimum Gasteiger partial charge on any atom is -1.00 e. The molecule has 0 radical (unpaired) electrons. The number of terminal acetylenes is 1. The summed E-state index contributed by atoms with van der Waals surface area (Å²) in [5.41, 5.74) is 0. The normalized spacial score (nSPS) is 6.62. The Bertz CT molecular complexity index is 75.6. The van der Waals surface area contributed by atoms with E-state index in [2.05, 4.69) is 6.04 Å². The summed E-state index contributed by atoms with van der Waals surface area (Å²) in [6.45, 7) is 5.99. The van der Waals surface area contributed by atoms with Crippen LogP contribution < -0.4 is 18.9 Å². The van der Waals surface area contributed by atoms with Crippen LogP contribution in [0.15, 0.2) is 0 Å². The standard InChI is InChI=1S/C6H11N.Li.H/c1-4-7(5-2)6-3;;/h1H,5-6H2,2-3H3;;/q;+1;-1. The molecule has 0 aromatic carbocycles. The van der Waals surface area contributed by atoms with E-state index in [4.69, 9.17) is 6.42 Å². The molecule has 0 fully saturated rings. The summed E-state index contributed by atoms with van der Waals surface area (Å²) in [5, 5.41) is 0. The monoisotopic (exact) mass is 105 g/mol. The summed E-state index contributed by atoms with van der Waals surface area (Å²) < 4.78 is 0. The average Bonchev–Trinajstić information content (AvgIpc) is 1.72. The van der Waals surface area contributed by atoms with Crippen LogP contribution in [-0.4, -0.2) is 18.0 Å². The topological polar surface area (TPSA) is 3.24 Å².